The normalized spacial score (nSPS) is 10.6. The number of rotatable bonds is 4. The lowest BCUT2D eigenvalue weighted by Crippen LogP contribution is -1.91. The quantitative estimate of drug-likeness (QED) is 0.593. The number of benzene rings is 1. The summed E-state index contributed by atoms with van der Waals surface area (Å²) < 4.78 is 0.991. The Morgan fingerprint density at radius 2 is 1.93 bits per heavy atom. The number of hydrogen-bond acceptors (Lipinski definition) is 2. The Morgan fingerprint density at radius 3 is 2.40 bits per heavy atom. The maximum Gasteiger partial charge on any atom is 0.155 e. The van der Waals surface area contributed by atoms with Crippen LogP contribution >= 0.6 is 23.6 Å². The van der Waals surface area contributed by atoms with E-state index in [4.69, 9.17) is 23.6 Å². The van der Waals surface area contributed by atoms with Gasteiger partial charge in [-0.15, -0.1) is 0 Å². The molecule has 0 aliphatic heterocycles. The third kappa shape index (κ3) is 3.94. The molecule has 15 heavy (non-hydrogen) atoms. The molecular formula is C11H11Cl2NO. The highest BCUT2D eigenvalue weighted by Crippen LogP contribution is 2.19. The van der Waals surface area contributed by atoms with Gasteiger partial charge in [-0.3, -0.25) is 4.79 Å². The first kappa shape index (κ1) is 12.1. The van der Waals surface area contributed by atoms with Crippen molar-refractivity contribution in [3.8, 4) is 0 Å². The van der Waals surface area contributed by atoms with Crippen molar-refractivity contribution < 1.29 is 4.79 Å². The van der Waals surface area contributed by atoms with Crippen LogP contribution in [0, 0.1) is 0 Å². The summed E-state index contributed by atoms with van der Waals surface area (Å²) in [7, 11) is 0. The topological polar surface area (TPSA) is 20.3 Å². The van der Waals surface area contributed by atoms with Gasteiger partial charge in [0.2, 0.25) is 0 Å². The van der Waals surface area contributed by atoms with Crippen molar-refractivity contribution in [2.75, 3.05) is 3.94 Å². The number of hydrogen-bond donors (Lipinski definition) is 0. The molecule has 0 atom stereocenters. The molecule has 0 fully saturated rings. The van der Waals surface area contributed by atoms with Crippen molar-refractivity contribution in [1.29, 1.82) is 0 Å². The SMILES string of the molecule is CCC(=O)C=Cc1ccc(N(Cl)Cl)cc1. The van der Waals surface area contributed by atoms with Gasteiger partial charge in [0.25, 0.3) is 0 Å². The number of ketones is 1. The molecule has 0 radical (unpaired) electrons. The first-order valence-corrected chi connectivity index (χ1v) is 5.23. The van der Waals surface area contributed by atoms with Gasteiger partial charge in [0, 0.05) is 30.0 Å². The van der Waals surface area contributed by atoms with Crippen LogP contribution in [0.1, 0.15) is 18.9 Å². The maximum absolute atomic E-state index is 11.0. The van der Waals surface area contributed by atoms with Crippen molar-refractivity contribution in [3.05, 3.63) is 35.9 Å². The molecule has 0 spiro atoms. The summed E-state index contributed by atoms with van der Waals surface area (Å²) in [6, 6.07) is 7.23. The highest BCUT2D eigenvalue weighted by molar-refractivity contribution is 6.49. The van der Waals surface area contributed by atoms with Gasteiger partial charge < -0.3 is 0 Å². The van der Waals surface area contributed by atoms with E-state index in [-0.39, 0.29) is 5.78 Å². The number of carbonyl (C=O) groups excluding carboxylic acids is 1. The molecule has 0 saturated carbocycles. The molecule has 0 saturated heterocycles. The zero-order valence-corrected chi connectivity index (χ0v) is 9.79. The predicted octanol–water partition coefficient (Wildman–Crippen LogP) is 3.79. The minimum atomic E-state index is 0.107. The highest BCUT2D eigenvalue weighted by atomic mass is 35.5. The van der Waals surface area contributed by atoms with E-state index in [0.717, 1.165) is 9.50 Å². The summed E-state index contributed by atoms with van der Waals surface area (Å²) in [5.41, 5.74) is 1.63. The second-order valence-electron chi connectivity index (χ2n) is 2.98. The molecule has 1 rings (SSSR count). The van der Waals surface area contributed by atoms with E-state index in [2.05, 4.69) is 0 Å². The monoisotopic (exact) mass is 243 g/mol. The van der Waals surface area contributed by atoms with E-state index in [1.165, 1.54) is 0 Å². The standard InChI is InChI=1S/C11H11Cl2NO/c1-2-11(15)8-5-9-3-6-10(7-4-9)14(12)13/h3-8H,2H2,1H3. The van der Waals surface area contributed by atoms with Crippen molar-refractivity contribution in [2.24, 2.45) is 0 Å². The van der Waals surface area contributed by atoms with E-state index in [1.807, 2.05) is 19.1 Å². The van der Waals surface area contributed by atoms with Crippen molar-refractivity contribution in [1.82, 2.24) is 0 Å². The molecule has 0 amide bonds. The Kier molecular flexibility index (Phi) is 4.66. The van der Waals surface area contributed by atoms with Gasteiger partial charge in [0.05, 0.1) is 5.69 Å². The Morgan fingerprint density at radius 1 is 1.33 bits per heavy atom. The van der Waals surface area contributed by atoms with Crippen LogP contribution in [0.2, 0.25) is 0 Å². The molecule has 0 aliphatic rings. The van der Waals surface area contributed by atoms with Gasteiger partial charge in [-0.1, -0.05) is 25.1 Å². The number of carbonyl (C=O) groups is 1. The molecule has 0 aromatic heterocycles. The van der Waals surface area contributed by atoms with E-state index in [9.17, 15) is 4.79 Å². The third-order valence-electron chi connectivity index (χ3n) is 1.90. The molecular weight excluding hydrogens is 233 g/mol. The second kappa shape index (κ2) is 5.79. The highest BCUT2D eigenvalue weighted by Gasteiger charge is 1.97. The van der Waals surface area contributed by atoms with Crippen LogP contribution in [0.3, 0.4) is 0 Å². The number of halogens is 2. The molecule has 0 aliphatic carbocycles. The van der Waals surface area contributed by atoms with Crippen LogP contribution in [0.25, 0.3) is 6.08 Å². The van der Waals surface area contributed by atoms with Gasteiger partial charge in [-0.2, -0.15) is 3.94 Å². The number of nitrogens with zero attached hydrogens (tertiary/aromatic N) is 1. The molecule has 4 heteroatoms. The molecule has 80 valence electrons. The van der Waals surface area contributed by atoms with Crippen LogP contribution in [0.5, 0.6) is 0 Å². The average molecular weight is 244 g/mol. The van der Waals surface area contributed by atoms with Crippen LogP contribution in [-0.4, -0.2) is 5.78 Å². The molecule has 0 heterocycles. The maximum atomic E-state index is 11.0. The molecule has 0 unspecified atom stereocenters. The van der Waals surface area contributed by atoms with Gasteiger partial charge in [0.1, 0.15) is 0 Å². The lowest BCUT2D eigenvalue weighted by atomic mass is 10.1. The zero-order chi connectivity index (χ0) is 11.3. The first-order chi connectivity index (χ1) is 7.13. The summed E-state index contributed by atoms with van der Waals surface area (Å²) in [6.07, 6.45) is 3.85. The fraction of sp³-hybridized carbons (Fsp3) is 0.182. The third-order valence-corrected chi connectivity index (χ3v) is 2.29. The van der Waals surface area contributed by atoms with Crippen molar-refractivity contribution >= 4 is 41.1 Å². The molecule has 1 aromatic carbocycles. The van der Waals surface area contributed by atoms with Crippen molar-refractivity contribution in [3.63, 3.8) is 0 Å². The van der Waals surface area contributed by atoms with Crippen molar-refractivity contribution in [2.45, 2.75) is 13.3 Å². The molecule has 0 N–H and O–H groups in total. The van der Waals surface area contributed by atoms with Gasteiger partial charge >= 0.3 is 0 Å². The summed E-state index contributed by atoms with van der Waals surface area (Å²) in [6.45, 7) is 1.83. The van der Waals surface area contributed by atoms with Gasteiger partial charge in [-0.25, -0.2) is 0 Å². The largest absolute Gasteiger partial charge is 0.295 e. The smallest absolute Gasteiger partial charge is 0.155 e. The van der Waals surface area contributed by atoms with Crippen LogP contribution in [-0.2, 0) is 4.79 Å². The fourth-order valence-electron chi connectivity index (χ4n) is 1.01. The molecule has 1 aromatic rings. The Hall–Kier alpha value is -0.990. The van der Waals surface area contributed by atoms with E-state index in [0.29, 0.717) is 12.1 Å². The minimum absolute atomic E-state index is 0.107. The fourth-order valence-corrected chi connectivity index (χ4v) is 1.23. The Bertz CT molecular complexity index is 357. The summed E-state index contributed by atoms with van der Waals surface area (Å²) in [5.74, 6) is 0.107. The molecule has 2 nitrogen and oxygen atoms in total. The van der Waals surface area contributed by atoms with Crippen LogP contribution < -0.4 is 3.94 Å². The number of anilines is 1. The molecule has 0 bridgehead atoms. The number of allylic oxidation sites excluding steroid dienone is 1. The zero-order valence-electron chi connectivity index (χ0n) is 8.28. The van der Waals surface area contributed by atoms with E-state index >= 15 is 0 Å². The van der Waals surface area contributed by atoms with Crippen LogP contribution in [0.4, 0.5) is 5.69 Å². The Balaban J connectivity index is 2.72. The lowest BCUT2D eigenvalue weighted by Gasteiger charge is -2.04. The van der Waals surface area contributed by atoms with Gasteiger partial charge in [-0.05, 0) is 23.8 Å². The van der Waals surface area contributed by atoms with Crippen LogP contribution in [0.15, 0.2) is 30.3 Å². The van der Waals surface area contributed by atoms with E-state index in [1.54, 1.807) is 24.3 Å². The summed E-state index contributed by atoms with van der Waals surface area (Å²) in [4.78, 5) is 11.0. The average Bonchev–Trinajstić information content (AvgIpc) is 2.26. The van der Waals surface area contributed by atoms with E-state index < -0.39 is 0 Å². The summed E-state index contributed by atoms with van der Waals surface area (Å²) >= 11 is 11.1. The predicted molar refractivity (Wildman–Crippen MR) is 65.0 cm³/mol. The minimum Gasteiger partial charge on any atom is -0.295 e. The summed E-state index contributed by atoms with van der Waals surface area (Å²) in [5, 5.41) is 0. The van der Waals surface area contributed by atoms with Gasteiger partial charge in [0.15, 0.2) is 5.78 Å². The Labute approximate surface area is 99.3 Å². The lowest BCUT2D eigenvalue weighted by molar-refractivity contribution is -0.114. The first-order valence-electron chi connectivity index (χ1n) is 4.56. The second-order valence-corrected chi connectivity index (χ2v) is 3.83.